The number of ketones is 1. The Morgan fingerprint density at radius 3 is 2.50 bits per heavy atom. The molecule has 0 bridgehead atoms. The summed E-state index contributed by atoms with van der Waals surface area (Å²) in [6.07, 6.45) is 3.67. The molecule has 3 aromatic carbocycles. The molecular formula is C26H19NO3. The minimum absolute atomic E-state index is 0.144. The number of carbonyl (C=O) groups is 1. The molecule has 0 saturated carbocycles. The van der Waals surface area contributed by atoms with Crippen LogP contribution >= 0.6 is 0 Å². The van der Waals surface area contributed by atoms with Gasteiger partial charge in [0.15, 0.2) is 11.4 Å². The highest BCUT2D eigenvalue weighted by molar-refractivity contribution is 6.28. The third kappa shape index (κ3) is 3.33. The van der Waals surface area contributed by atoms with Gasteiger partial charge in [-0.2, -0.15) is 0 Å². The summed E-state index contributed by atoms with van der Waals surface area (Å²) in [6.45, 7) is 1.97. The maximum Gasteiger partial charge on any atom is 0.231 e. The zero-order valence-corrected chi connectivity index (χ0v) is 16.4. The van der Waals surface area contributed by atoms with E-state index in [1.807, 2.05) is 85.8 Å². The van der Waals surface area contributed by atoms with E-state index in [0.29, 0.717) is 28.1 Å². The summed E-state index contributed by atoms with van der Waals surface area (Å²) in [5, 5.41) is 0. The average molecular weight is 393 g/mol. The highest BCUT2D eigenvalue weighted by atomic mass is 16.5. The predicted octanol–water partition coefficient (Wildman–Crippen LogP) is 5.96. The van der Waals surface area contributed by atoms with Crippen molar-refractivity contribution in [3.8, 4) is 5.75 Å². The molecule has 4 aromatic rings. The number of hydrogen-bond donors (Lipinski definition) is 0. The number of allylic oxidation sites excluding steroid dienone is 1. The molecule has 1 aliphatic rings. The molecule has 1 aliphatic heterocycles. The minimum Gasteiger partial charge on any atom is -0.485 e. The normalized spacial score (nSPS) is 16.0. The maximum absolute atomic E-state index is 13.4. The van der Waals surface area contributed by atoms with E-state index in [1.165, 1.54) is 0 Å². The Morgan fingerprint density at radius 2 is 1.67 bits per heavy atom. The van der Waals surface area contributed by atoms with Crippen LogP contribution in [0, 0.1) is 0 Å². The highest BCUT2D eigenvalue weighted by Crippen LogP contribution is 2.32. The molecule has 0 unspecified atom stereocenters. The third-order valence-electron chi connectivity index (χ3n) is 5.13. The van der Waals surface area contributed by atoms with Gasteiger partial charge in [0.2, 0.25) is 5.89 Å². The van der Waals surface area contributed by atoms with Crippen LogP contribution in [0.2, 0.25) is 0 Å². The Balaban J connectivity index is 1.66. The molecule has 1 atom stereocenters. The van der Waals surface area contributed by atoms with Gasteiger partial charge in [0.1, 0.15) is 17.4 Å². The van der Waals surface area contributed by atoms with Crippen molar-refractivity contribution in [2.45, 2.75) is 13.0 Å². The van der Waals surface area contributed by atoms with Crippen molar-refractivity contribution in [3.05, 3.63) is 108 Å². The van der Waals surface area contributed by atoms with Crippen LogP contribution in [-0.4, -0.2) is 16.9 Å². The molecule has 0 amide bonds. The van der Waals surface area contributed by atoms with Crippen molar-refractivity contribution in [1.29, 1.82) is 0 Å². The van der Waals surface area contributed by atoms with E-state index < -0.39 is 0 Å². The average Bonchev–Trinajstić information content (AvgIpc) is 3.21. The van der Waals surface area contributed by atoms with Crippen molar-refractivity contribution in [2.75, 3.05) is 0 Å². The fourth-order valence-corrected chi connectivity index (χ4v) is 3.55. The number of aromatic nitrogens is 1. The van der Waals surface area contributed by atoms with Crippen molar-refractivity contribution in [3.63, 3.8) is 0 Å². The Bertz CT molecular complexity index is 1270. The summed E-state index contributed by atoms with van der Waals surface area (Å²) < 4.78 is 12.0. The van der Waals surface area contributed by atoms with Gasteiger partial charge >= 0.3 is 0 Å². The van der Waals surface area contributed by atoms with Crippen molar-refractivity contribution in [1.82, 2.24) is 4.98 Å². The zero-order valence-electron chi connectivity index (χ0n) is 16.4. The summed E-state index contributed by atoms with van der Waals surface area (Å²) in [5.74, 6) is 0.992. The molecule has 146 valence electrons. The smallest absolute Gasteiger partial charge is 0.231 e. The quantitative estimate of drug-likeness (QED) is 0.317. The number of hydrogen-bond acceptors (Lipinski definition) is 4. The van der Waals surface area contributed by atoms with Crippen molar-refractivity contribution in [2.24, 2.45) is 0 Å². The number of rotatable bonds is 4. The second-order valence-electron chi connectivity index (χ2n) is 7.18. The standard InChI is InChI=1S/C26H19NO3/c1-17-20(15-19-11-5-7-13-23(19)29-17)16-21(25(28)18-9-3-2-4-10-18)26-27-22-12-6-8-14-24(22)30-26/h2-17H,1H3/b21-16-/t17-/m0/s1. The first kappa shape index (κ1) is 18.1. The molecule has 30 heavy (non-hydrogen) atoms. The van der Waals surface area contributed by atoms with E-state index in [1.54, 1.807) is 12.1 Å². The number of ether oxygens (including phenoxy) is 1. The Hall–Kier alpha value is -3.92. The van der Waals surface area contributed by atoms with Crippen molar-refractivity contribution < 1.29 is 13.9 Å². The van der Waals surface area contributed by atoms with Crippen molar-refractivity contribution >= 4 is 28.5 Å². The SMILES string of the molecule is C[C@@H]1Oc2ccccc2C=C1/C=C(/C(=O)c1ccccc1)c1nc2ccccc2o1. The number of para-hydroxylation sites is 3. The highest BCUT2D eigenvalue weighted by Gasteiger charge is 2.24. The molecule has 4 nitrogen and oxygen atoms in total. The lowest BCUT2D eigenvalue weighted by atomic mass is 9.96. The number of fused-ring (bicyclic) bond motifs is 2. The van der Waals surface area contributed by atoms with Gasteiger partial charge in [-0.15, -0.1) is 0 Å². The molecule has 0 saturated heterocycles. The van der Waals surface area contributed by atoms with Crippen LogP contribution in [0.3, 0.4) is 0 Å². The van der Waals surface area contributed by atoms with Gasteiger partial charge in [0, 0.05) is 11.1 Å². The van der Waals surface area contributed by atoms with Crippen LogP contribution in [0.5, 0.6) is 5.75 Å². The molecule has 0 radical (unpaired) electrons. The summed E-state index contributed by atoms with van der Waals surface area (Å²) in [7, 11) is 0. The van der Waals surface area contributed by atoms with Gasteiger partial charge in [-0.1, -0.05) is 60.7 Å². The molecule has 2 heterocycles. The molecule has 0 N–H and O–H groups in total. The first-order valence-electron chi connectivity index (χ1n) is 9.84. The van der Waals surface area contributed by atoms with Crippen LogP contribution in [-0.2, 0) is 0 Å². The van der Waals surface area contributed by atoms with Gasteiger partial charge < -0.3 is 9.15 Å². The van der Waals surface area contributed by atoms with E-state index in [4.69, 9.17) is 9.15 Å². The van der Waals surface area contributed by atoms with Gasteiger partial charge in [-0.25, -0.2) is 4.98 Å². The monoisotopic (exact) mass is 393 g/mol. The summed E-state index contributed by atoms with van der Waals surface area (Å²) >= 11 is 0. The summed E-state index contributed by atoms with van der Waals surface area (Å²) in [4.78, 5) is 18.0. The third-order valence-corrected chi connectivity index (χ3v) is 5.13. The molecular weight excluding hydrogens is 374 g/mol. The lowest BCUT2D eigenvalue weighted by Gasteiger charge is -2.23. The molecule has 4 heteroatoms. The summed E-state index contributed by atoms with van der Waals surface area (Å²) in [6, 6.07) is 24.5. The van der Waals surface area contributed by atoms with Crippen LogP contribution in [0.1, 0.15) is 28.7 Å². The number of Topliss-reactive ketones (excluding diaryl/α,β-unsaturated/α-hetero) is 1. The first-order valence-corrected chi connectivity index (χ1v) is 9.84. The van der Waals surface area contributed by atoms with E-state index in [2.05, 4.69) is 4.98 Å². The zero-order chi connectivity index (χ0) is 20.5. The lowest BCUT2D eigenvalue weighted by Crippen LogP contribution is -2.18. The van der Waals surface area contributed by atoms with Gasteiger partial charge in [-0.05, 0) is 42.8 Å². The number of oxazole rings is 1. The topological polar surface area (TPSA) is 52.3 Å². The molecule has 0 fully saturated rings. The number of carbonyl (C=O) groups excluding carboxylic acids is 1. The largest absolute Gasteiger partial charge is 0.485 e. The van der Waals surface area contributed by atoms with Gasteiger partial charge in [0.25, 0.3) is 0 Å². The fraction of sp³-hybridized carbons (Fsp3) is 0.0769. The molecule has 1 aromatic heterocycles. The lowest BCUT2D eigenvalue weighted by molar-refractivity contribution is 0.105. The molecule has 0 aliphatic carbocycles. The van der Waals surface area contributed by atoms with E-state index in [0.717, 1.165) is 16.9 Å². The molecule has 5 rings (SSSR count). The van der Waals surface area contributed by atoms with E-state index in [-0.39, 0.29) is 11.9 Å². The number of nitrogens with zero attached hydrogens (tertiary/aromatic N) is 1. The first-order chi connectivity index (χ1) is 14.7. The second kappa shape index (κ2) is 7.48. The summed E-state index contributed by atoms with van der Waals surface area (Å²) in [5.41, 5.74) is 4.20. The number of benzene rings is 3. The molecule has 0 spiro atoms. The van der Waals surface area contributed by atoms with E-state index in [9.17, 15) is 4.79 Å². The van der Waals surface area contributed by atoms with Crippen LogP contribution in [0.15, 0.2) is 94.9 Å². The van der Waals surface area contributed by atoms with Crippen LogP contribution < -0.4 is 4.74 Å². The van der Waals surface area contributed by atoms with Crippen LogP contribution in [0.25, 0.3) is 22.7 Å². The Kier molecular flexibility index (Phi) is 4.52. The van der Waals surface area contributed by atoms with Gasteiger partial charge in [-0.3, -0.25) is 4.79 Å². The van der Waals surface area contributed by atoms with Crippen LogP contribution in [0.4, 0.5) is 0 Å². The maximum atomic E-state index is 13.4. The van der Waals surface area contributed by atoms with E-state index >= 15 is 0 Å². The Labute approximate surface area is 174 Å². The second-order valence-corrected chi connectivity index (χ2v) is 7.18. The predicted molar refractivity (Wildman–Crippen MR) is 117 cm³/mol. The van der Waals surface area contributed by atoms with Gasteiger partial charge in [0.05, 0.1) is 5.57 Å². The minimum atomic E-state index is -0.206. The fourth-order valence-electron chi connectivity index (χ4n) is 3.55. The Morgan fingerprint density at radius 1 is 0.933 bits per heavy atom.